The topological polar surface area (TPSA) is 41.0 Å². The van der Waals surface area contributed by atoms with Gasteiger partial charge in [-0.25, -0.2) is 9.97 Å². The quantitative estimate of drug-likeness (QED) is 0.169. The molecule has 8 rings (SSSR count). The minimum atomic E-state index is 0.868. The first kappa shape index (κ1) is 30.1. The van der Waals surface area contributed by atoms with Crippen LogP contribution in [0, 0.1) is 0 Å². The highest BCUT2D eigenvalue weighted by Crippen LogP contribution is 2.39. The SMILES string of the molecule is C1=CCC(Nc2ccc(N(c3ccc(-c4nc5ccccc5nc4-c4ccccc4)cc3)c3cccc(-c4ccccc4)c3)cc2)=CCC1. The summed E-state index contributed by atoms with van der Waals surface area (Å²) in [6.07, 6.45) is 9.91. The van der Waals surface area contributed by atoms with Crippen molar-refractivity contribution in [3.05, 3.63) is 182 Å². The van der Waals surface area contributed by atoms with E-state index in [2.05, 4.69) is 144 Å². The van der Waals surface area contributed by atoms with Crippen molar-refractivity contribution < 1.29 is 0 Å². The first-order valence-electron chi connectivity index (χ1n) is 16.9. The minimum Gasteiger partial charge on any atom is -0.359 e. The summed E-state index contributed by atoms with van der Waals surface area (Å²) in [5.41, 5.74) is 13.5. The van der Waals surface area contributed by atoms with Crippen LogP contribution >= 0.6 is 0 Å². The van der Waals surface area contributed by atoms with Crippen molar-refractivity contribution >= 4 is 33.8 Å². The fraction of sp³-hybridized carbons (Fsp3) is 0.0667. The highest BCUT2D eigenvalue weighted by atomic mass is 15.1. The molecule has 49 heavy (non-hydrogen) atoms. The van der Waals surface area contributed by atoms with Crippen LogP contribution in [0.25, 0.3) is 44.7 Å². The lowest BCUT2D eigenvalue weighted by molar-refractivity contribution is 1.05. The number of nitrogens with one attached hydrogen (secondary N) is 1. The van der Waals surface area contributed by atoms with E-state index in [9.17, 15) is 0 Å². The molecule has 0 spiro atoms. The number of nitrogens with zero attached hydrogens (tertiary/aromatic N) is 3. The number of aromatic nitrogens is 2. The molecule has 1 aliphatic rings. The van der Waals surface area contributed by atoms with E-state index in [1.165, 1.54) is 16.8 Å². The molecule has 7 aromatic rings. The maximum atomic E-state index is 5.13. The lowest BCUT2D eigenvalue weighted by Gasteiger charge is -2.26. The molecule has 4 nitrogen and oxygen atoms in total. The van der Waals surface area contributed by atoms with E-state index in [0.717, 1.165) is 75.6 Å². The second kappa shape index (κ2) is 13.8. The van der Waals surface area contributed by atoms with E-state index in [1.54, 1.807) is 0 Å². The smallest absolute Gasteiger partial charge is 0.0973 e. The molecule has 0 saturated carbocycles. The van der Waals surface area contributed by atoms with Gasteiger partial charge in [-0.1, -0.05) is 115 Å². The van der Waals surface area contributed by atoms with Crippen molar-refractivity contribution in [2.24, 2.45) is 0 Å². The Balaban J connectivity index is 1.19. The normalized spacial score (nSPS) is 12.7. The Hall–Kier alpha value is -6.26. The molecule has 0 amide bonds. The molecular weight excluding hydrogens is 597 g/mol. The summed E-state index contributed by atoms with van der Waals surface area (Å²) in [6.45, 7) is 0. The summed E-state index contributed by atoms with van der Waals surface area (Å²) in [7, 11) is 0. The molecule has 6 aromatic carbocycles. The van der Waals surface area contributed by atoms with Gasteiger partial charge in [0.15, 0.2) is 0 Å². The van der Waals surface area contributed by atoms with Crippen LogP contribution in [0.15, 0.2) is 182 Å². The molecule has 1 N–H and O–H groups in total. The van der Waals surface area contributed by atoms with E-state index in [4.69, 9.17) is 9.97 Å². The first-order chi connectivity index (χ1) is 24.3. The molecule has 0 bridgehead atoms. The third kappa shape index (κ3) is 6.63. The highest BCUT2D eigenvalue weighted by molar-refractivity contribution is 5.87. The van der Waals surface area contributed by atoms with Crippen LogP contribution in [0.5, 0.6) is 0 Å². The van der Waals surface area contributed by atoms with Crippen molar-refractivity contribution in [2.45, 2.75) is 19.3 Å². The maximum Gasteiger partial charge on any atom is 0.0973 e. The van der Waals surface area contributed by atoms with Gasteiger partial charge in [-0.3, -0.25) is 0 Å². The fourth-order valence-corrected chi connectivity index (χ4v) is 6.42. The van der Waals surface area contributed by atoms with Gasteiger partial charge in [0.2, 0.25) is 0 Å². The monoisotopic (exact) mass is 632 g/mol. The number of anilines is 4. The Kier molecular flexibility index (Phi) is 8.50. The first-order valence-corrected chi connectivity index (χ1v) is 16.9. The van der Waals surface area contributed by atoms with Crippen molar-refractivity contribution in [1.82, 2.24) is 9.97 Å². The molecule has 1 aliphatic carbocycles. The molecule has 0 aliphatic heterocycles. The van der Waals surface area contributed by atoms with E-state index in [0.29, 0.717) is 0 Å². The van der Waals surface area contributed by atoms with Crippen molar-refractivity contribution in [1.29, 1.82) is 0 Å². The molecule has 0 radical (unpaired) electrons. The maximum absolute atomic E-state index is 5.13. The van der Waals surface area contributed by atoms with Gasteiger partial charge in [0.1, 0.15) is 0 Å². The molecule has 0 saturated heterocycles. The Morgan fingerprint density at radius 3 is 1.69 bits per heavy atom. The van der Waals surface area contributed by atoms with Crippen LogP contribution in [-0.4, -0.2) is 9.97 Å². The molecule has 236 valence electrons. The van der Waals surface area contributed by atoms with Crippen LogP contribution in [-0.2, 0) is 0 Å². The van der Waals surface area contributed by atoms with Gasteiger partial charge in [-0.15, -0.1) is 0 Å². The zero-order chi connectivity index (χ0) is 32.8. The van der Waals surface area contributed by atoms with E-state index in [-0.39, 0.29) is 0 Å². The zero-order valence-electron chi connectivity index (χ0n) is 27.2. The summed E-state index contributed by atoms with van der Waals surface area (Å²) in [4.78, 5) is 12.5. The van der Waals surface area contributed by atoms with Crippen LogP contribution in [0.4, 0.5) is 22.7 Å². The summed E-state index contributed by atoms with van der Waals surface area (Å²) >= 11 is 0. The summed E-state index contributed by atoms with van der Waals surface area (Å²) in [6, 6.07) is 55.1. The third-order valence-corrected chi connectivity index (χ3v) is 8.89. The van der Waals surface area contributed by atoms with Gasteiger partial charge in [-0.2, -0.15) is 0 Å². The molecule has 0 atom stereocenters. The Labute approximate surface area is 287 Å². The van der Waals surface area contributed by atoms with Crippen molar-refractivity contribution in [2.75, 3.05) is 10.2 Å². The standard InChI is InChI=1S/C45H36N4/c1-2-10-20-37(19-9-1)46-38-26-30-40(31-27-38)49(41-21-13-18-36(32-41)33-14-5-3-6-15-33)39-28-24-35(25-29-39)45-44(34-16-7-4-8-17-34)47-42-22-11-12-23-43(42)48-45/h1,3-9,11-18,20-32,46H,2,10,19H2. The number of allylic oxidation sites excluding steroid dienone is 3. The van der Waals surface area contributed by atoms with Crippen molar-refractivity contribution in [3.8, 4) is 33.6 Å². The predicted molar refractivity (Wildman–Crippen MR) is 205 cm³/mol. The van der Waals surface area contributed by atoms with Gasteiger partial charge < -0.3 is 10.2 Å². The average molecular weight is 633 g/mol. The lowest BCUT2D eigenvalue weighted by Crippen LogP contribution is -2.10. The Bertz CT molecular complexity index is 2260. The molecule has 0 unspecified atom stereocenters. The Morgan fingerprint density at radius 1 is 0.449 bits per heavy atom. The number of fused-ring (bicyclic) bond motifs is 1. The fourth-order valence-electron chi connectivity index (χ4n) is 6.42. The van der Waals surface area contributed by atoms with Crippen LogP contribution < -0.4 is 10.2 Å². The summed E-state index contributed by atoms with van der Waals surface area (Å²) in [5, 5.41) is 3.63. The lowest BCUT2D eigenvalue weighted by atomic mass is 10.0. The second-order valence-corrected chi connectivity index (χ2v) is 12.2. The molecule has 1 heterocycles. The van der Waals surface area contributed by atoms with Gasteiger partial charge in [0.25, 0.3) is 0 Å². The van der Waals surface area contributed by atoms with Gasteiger partial charge in [0.05, 0.1) is 22.4 Å². The Morgan fingerprint density at radius 2 is 1.02 bits per heavy atom. The molecule has 1 aromatic heterocycles. The van der Waals surface area contributed by atoms with Crippen LogP contribution in [0.2, 0.25) is 0 Å². The molecule has 0 fully saturated rings. The van der Waals surface area contributed by atoms with Crippen molar-refractivity contribution in [3.63, 3.8) is 0 Å². The number of hydrogen-bond donors (Lipinski definition) is 1. The van der Waals surface area contributed by atoms with E-state index >= 15 is 0 Å². The highest BCUT2D eigenvalue weighted by Gasteiger charge is 2.17. The number of para-hydroxylation sites is 2. The summed E-state index contributed by atoms with van der Waals surface area (Å²) in [5.74, 6) is 0. The minimum absolute atomic E-state index is 0.868. The van der Waals surface area contributed by atoms with Gasteiger partial charge in [-0.05, 0) is 84.6 Å². The summed E-state index contributed by atoms with van der Waals surface area (Å²) < 4.78 is 0. The second-order valence-electron chi connectivity index (χ2n) is 12.2. The zero-order valence-corrected chi connectivity index (χ0v) is 27.2. The van der Waals surface area contributed by atoms with E-state index < -0.39 is 0 Å². The van der Waals surface area contributed by atoms with Gasteiger partial charge in [0, 0.05) is 46.0 Å². The molecule has 4 heteroatoms. The largest absolute Gasteiger partial charge is 0.359 e. The third-order valence-electron chi connectivity index (χ3n) is 8.89. The number of benzene rings is 6. The van der Waals surface area contributed by atoms with Crippen LogP contribution in [0.3, 0.4) is 0 Å². The van der Waals surface area contributed by atoms with E-state index in [1.807, 2.05) is 42.5 Å². The van der Waals surface area contributed by atoms with Crippen LogP contribution in [0.1, 0.15) is 19.3 Å². The number of rotatable bonds is 8. The average Bonchev–Trinajstić information content (AvgIpc) is 3.45. The molecular formula is C45H36N4. The van der Waals surface area contributed by atoms with Gasteiger partial charge >= 0.3 is 0 Å². The predicted octanol–water partition coefficient (Wildman–Crippen LogP) is 12.1. The number of hydrogen-bond acceptors (Lipinski definition) is 4.